The van der Waals surface area contributed by atoms with Gasteiger partial charge in [0.1, 0.15) is 0 Å². The maximum Gasteiger partial charge on any atom is 0.0593 e. The van der Waals surface area contributed by atoms with Crippen LogP contribution in [0.2, 0.25) is 0 Å². The molecule has 1 N–H and O–H groups in total. The van der Waals surface area contributed by atoms with Crippen molar-refractivity contribution < 1.29 is 4.74 Å². The van der Waals surface area contributed by atoms with Gasteiger partial charge in [0, 0.05) is 13.2 Å². The predicted octanol–water partition coefficient (Wildman–Crippen LogP) is 0.708. The Bertz CT molecular complexity index is 113. The third-order valence-electron chi connectivity index (χ3n) is 2.47. The topological polar surface area (TPSA) is 24.5 Å². The Morgan fingerprint density at radius 2 is 2.00 bits per heavy atom. The third-order valence-corrected chi connectivity index (χ3v) is 2.47. The van der Waals surface area contributed by atoms with Crippen LogP contribution in [0.3, 0.4) is 0 Å². The second kappa shape index (κ2) is 7.30. The van der Waals surface area contributed by atoms with Gasteiger partial charge in [-0.25, -0.2) is 0 Å². The summed E-state index contributed by atoms with van der Waals surface area (Å²) in [5.74, 6) is 0. The molecule has 0 saturated carbocycles. The van der Waals surface area contributed by atoms with Gasteiger partial charge in [0.25, 0.3) is 0 Å². The zero-order valence-electron chi connectivity index (χ0n) is 8.72. The molecule has 0 unspecified atom stereocenters. The summed E-state index contributed by atoms with van der Waals surface area (Å²) in [6.07, 6.45) is 3.87. The molecule has 0 aliphatic carbocycles. The molecule has 0 spiro atoms. The van der Waals surface area contributed by atoms with Crippen molar-refractivity contribution in [1.82, 2.24) is 10.2 Å². The van der Waals surface area contributed by atoms with Gasteiger partial charge in [0.05, 0.1) is 6.61 Å². The number of ether oxygens (including phenoxy) is 1. The smallest absolute Gasteiger partial charge is 0.0593 e. The molecule has 1 rings (SSSR count). The number of likely N-dealkylation sites (tertiary alicyclic amines) is 1. The minimum atomic E-state index is 0.898. The van der Waals surface area contributed by atoms with Gasteiger partial charge in [0.2, 0.25) is 0 Å². The summed E-state index contributed by atoms with van der Waals surface area (Å²) in [6, 6.07) is 0. The lowest BCUT2D eigenvalue weighted by molar-refractivity contribution is 0.109. The van der Waals surface area contributed by atoms with E-state index in [1.807, 2.05) is 7.05 Å². The molecule has 0 aromatic carbocycles. The average molecular weight is 186 g/mol. The van der Waals surface area contributed by atoms with E-state index in [1.165, 1.54) is 25.9 Å². The molecule has 1 saturated heterocycles. The summed E-state index contributed by atoms with van der Waals surface area (Å²) < 4.78 is 5.52. The Morgan fingerprint density at radius 1 is 1.23 bits per heavy atom. The first-order valence-electron chi connectivity index (χ1n) is 5.38. The van der Waals surface area contributed by atoms with Gasteiger partial charge in [-0.2, -0.15) is 0 Å². The van der Waals surface area contributed by atoms with E-state index in [1.54, 1.807) is 0 Å². The third kappa shape index (κ3) is 5.24. The van der Waals surface area contributed by atoms with Crippen molar-refractivity contribution in [1.29, 1.82) is 0 Å². The Kier molecular flexibility index (Phi) is 6.15. The summed E-state index contributed by atoms with van der Waals surface area (Å²) in [6.45, 7) is 6.54. The lowest BCUT2D eigenvalue weighted by Gasteiger charge is -2.14. The van der Waals surface area contributed by atoms with E-state index < -0.39 is 0 Å². The standard InChI is InChI=1S/C10H22N2O/c1-11-5-4-9-13-10-8-12-6-2-3-7-12/h11H,2-10H2,1H3. The van der Waals surface area contributed by atoms with Gasteiger partial charge in [-0.05, 0) is 45.9 Å². The minimum Gasteiger partial charge on any atom is -0.380 e. The maximum atomic E-state index is 5.52. The number of nitrogens with zero attached hydrogens (tertiary/aromatic N) is 1. The molecule has 0 aromatic heterocycles. The lowest BCUT2D eigenvalue weighted by Crippen LogP contribution is -2.24. The Hall–Kier alpha value is -0.120. The normalized spacial score (nSPS) is 18.2. The molecule has 3 heteroatoms. The van der Waals surface area contributed by atoms with Crippen molar-refractivity contribution in [3.63, 3.8) is 0 Å². The van der Waals surface area contributed by atoms with E-state index in [2.05, 4.69) is 10.2 Å². The fourth-order valence-electron chi connectivity index (χ4n) is 1.65. The van der Waals surface area contributed by atoms with Crippen molar-refractivity contribution in [3.8, 4) is 0 Å². The van der Waals surface area contributed by atoms with Crippen LogP contribution < -0.4 is 5.32 Å². The van der Waals surface area contributed by atoms with Crippen molar-refractivity contribution in [2.75, 3.05) is 46.4 Å². The van der Waals surface area contributed by atoms with E-state index in [0.717, 1.165) is 32.7 Å². The van der Waals surface area contributed by atoms with E-state index in [4.69, 9.17) is 4.74 Å². The van der Waals surface area contributed by atoms with Crippen molar-refractivity contribution in [2.45, 2.75) is 19.3 Å². The van der Waals surface area contributed by atoms with E-state index >= 15 is 0 Å². The first kappa shape index (κ1) is 11.0. The van der Waals surface area contributed by atoms with E-state index in [-0.39, 0.29) is 0 Å². The van der Waals surface area contributed by atoms with Gasteiger partial charge in [0.15, 0.2) is 0 Å². The van der Waals surface area contributed by atoms with Crippen LogP contribution >= 0.6 is 0 Å². The molecule has 1 aliphatic heterocycles. The van der Waals surface area contributed by atoms with Crippen LogP contribution in [0.15, 0.2) is 0 Å². The Labute approximate surface area is 81.4 Å². The van der Waals surface area contributed by atoms with Crippen LogP contribution in [-0.2, 0) is 4.74 Å². The summed E-state index contributed by atoms with van der Waals surface area (Å²) in [5, 5.41) is 3.11. The van der Waals surface area contributed by atoms with Crippen LogP contribution in [0, 0.1) is 0 Å². The molecule has 1 fully saturated rings. The predicted molar refractivity (Wildman–Crippen MR) is 55.0 cm³/mol. The summed E-state index contributed by atoms with van der Waals surface area (Å²) in [4.78, 5) is 2.48. The highest BCUT2D eigenvalue weighted by Gasteiger charge is 2.09. The highest BCUT2D eigenvalue weighted by Crippen LogP contribution is 2.05. The van der Waals surface area contributed by atoms with E-state index in [0.29, 0.717) is 0 Å². The molecular formula is C10H22N2O. The van der Waals surface area contributed by atoms with Crippen molar-refractivity contribution in [3.05, 3.63) is 0 Å². The van der Waals surface area contributed by atoms with Gasteiger partial charge >= 0.3 is 0 Å². The molecule has 0 aromatic rings. The molecule has 3 nitrogen and oxygen atoms in total. The first-order valence-corrected chi connectivity index (χ1v) is 5.38. The monoisotopic (exact) mass is 186 g/mol. The number of hydrogen-bond acceptors (Lipinski definition) is 3. The van der Waals surface area contributed by atoms with Crippen LogP contribution in [0.25, 0.3) is 0 Å². The number of rotatable bonds is 7. The molecule has 1 heterocycles. The Balaban J connectivity index is 1.78. The second-order valence-electron chi connectivity index (χ2n) is 3.62. The Morgan fingerprint density at radius 3 is 2.69 bits per heavy atom. The summed E-state index contributed by atoms with van der Waals surface area (Å²) in [7, 11) is 1.98. The summed E-state index contributed by atoms with van der Waals surface area (Å²) in [5.41, 5.74) is 0. The molecule has 0 radical (unpaired) electrons. The van der Waals surface area contributed by atoms with E-state index in [9.17, 15) is 0 Å². The first-order chi connectivity index (χ1) is 6.43. The summed E-state index contributed by atoms with van der Waals surface area (Å²) >= 11 is 0. The highest BCUT2D eigenvalue weighted by atomic mass is 16.5. The van der Waals surface area contributed by atoms with Crippen molar-refractivity contribution >= 4 is 0 Å². The van der Waals surface area contributed by atoms with Gasteiger partial charge < -0.3 is 15.0 Å². The van der Waals surface area contributed by atoms with Gasteiger partial charge in [-0.3, -0.25) is 0 Å². The SMILES string of the molecule is CNCCCOCCN1CCCC1. The van der Waals surface area contributed by atoms with Crippen LogP contribution in [0.4, 0.5) is 0 Å². The quantitative estimate of drug-likeness (QED) is 0.593. The lowest BCUT2D eigenvalue weighted by atomic mass is 10.4. The van der Waals surface area contributed by atoms with Crippen LogP contribution in [-0.4, -0.2) is 51.3 Å². The zero-order valence-corrected chi connectivity index (χ0v) is 8.72. The van der Waals surface area contributed by atoms with Gasteiger partial charge in [-0.1, -0.05) is 0 Å². The molecule has 13 heavy (non-hydrogen) atoms. The average Bonchev–Trinajstić information content (AvgIpc) is 2.63. The van der Waals surface area contributed by atoms with Crippen molar-refractivity contribution in [2.24, 2.45) is 0 Å². The number of hydrogen-bond donors (Lipinski definition) is 1. The highest BCUT2D eigenvalue weighted by molar-refractivity contribution is 4.64. The second-order valence-corrected chi connectivity index (χ2v) is 3.62. The van der Waals surface area contributed by atoms with Crippen LogP contribution in [0.1, 0.15) is 19.3 Å². The minimum absolute atomic E-state index is 0.898. The van der Waals surface area contributed by atoms with Gasteiger partial charge in [-0.15, -0.1) is 0 Å². The molecular weight excluding hydrogens is 164 g/mol. The number of nitrogens with one attached hydrogen (secondary N) is 1. The molecule has 0 bridgehead atoms. The zero-order chi connectivity index (χ0) is 9.36. The van der Waals surface area contributed by atoms with Crippen LogP contribution in [0.5, 0.6) is 0 Å². The molecule has 0 atom stereocenters. The fraction of sp³-hybridized carbons (Fsp3) is 1.00. The molecule has 78 valence electrons. The fourth-order valence-corrected chi connectivity index (χ4v) is 1.65. The molecule has 0 amide bonds. The largest absolute Gasteiger partial charge is 0.380 e. The molecule has 1 aliphatic rings. The maximum absolute atomic E-state index is 5.52.